The first kappa shape index (κ1) is 14.9. The van der Waals surface area contributed by atoms with Gasteiger partial charge in [0, 0.05) is 18.6 Å². The van der Waals surface area contributed by atoms with Gasteiger partial charge >= 0.3 is 0 Å². The van der Waals surface area contributed by atoms with Crippen LogP contribution in [0.1, 0.15) is 50.6 Å². The van der Waals surface area contributed by atoms with E-state index in [4.69, 9.17) is 9.47 Å². The van der Waals surface area contributed by atoms with Crippen molar-refractivity contribution in [3.8, 4) is 5.75 Å². The number of rotatable bonds is 7. The Hall–Kier alpha value is -1.06. The Balaban J connectivity index is 1.73. The molecule has 1 saturated carbocycles. The van der Waals surface area contributed by atoms with Crippen LogP contribution in [-0.2, 0) is 4.74 Å². The third kappa shape index (κ3) is 4.21. The molecule has 1 N–H and O–H groups in total. The highest BCUT2D eigenvalue weighted by Crippen LogP contribution is 2.32. The number of hydrogen-bond donors (Lipinski definition) is 1. The van der Waals surface area contributed by atoms with Crippen molar-refractivity contribution >= 4 is 0 Å². The Bertz CT molecular complexity index is 439. The Morgan fingerprint density at radius 2 is 2.24 bits per heavy atom. The van der Waals surface area contributed by atoms with E-state index < -0.39 is 0 Å². The molecule has 2 aliphatic rings. The third-order valence-corrected chi connectivity index (χ3v) is 4.33. The lowest BCUT2D eigenvalue weighted by atomic mass is 9.88. The Labute approximate surface area is 128 Å². The van der Waals surface area contributed by atoms with Crippen LogP contribution in [0.4, 0.5) is 0 Å². The largest absolute Gasteiger partial charge is 0.490 e. The highest BCUT2D eigenvalue weighted by Gasteiger charge is 2.27. The summed E-state index contributed by atoms with van der Waals surface area (Å²) in [5, 5.41) is 3.72. The molecule has 3 rings (SSSR count). The average Bonchev–Trinajstić information content (AvgIpc) is 3.33. The molecule has 0 spiro atoms. The Kier molecular flexibility index (Phi) is 5.15. The van der Waals surface area contributed by atoms with Gasteiger partial charge in [-0.25, -0.2) is 0 Å². The molecule has 3 nitrogen and oxygen atoms in total. The molecule has 3 heteroatoms. The maximum absolute atomic E-state index is 5.95. The van der Waals surface area contributed by atoms with E-state index in [0.29, 0.717) is 18.1 Å². The number of hydrogen-bond acceptors (Lipinski definition) is 3. The molecule has 1 aliphatic heterocycles. The third-order valence-electron chi connectivity index (χ3n) is 4.33. The smallest absolute Gasteiger partial charge is 0.120 e. The van der Waals surface area contributed by atoms with Crippen LogP contribution in [0.3, 0.4) is 0 Å². The van der Waals surface area contributed by atoms with Gasteiger partial charge in [-0.05, 0) is 56.3 Å². The molecule has 116 valence electrons. The van der Waals surface area contributed by atoms with Gasteiger partial charge in [0.2, 0.25) is 0 Å². The first-order valence-electron chi connectivity index (χ1n) is 8.44. The second-order valence-corrected chi connectivity index (χ2v) is 6.30. The highest BCUT2D eigenvalue weighted by molar-refractivity contribution is 5.31. The van der Waals surface area contributed by atoms with Crippen molar-refractivity contribution in [1.82, 2.24) is 5.32 Å². The summed E-state index contributed by atoms with van der Waals surface area (Å²) in [6.45, 7) is 5.06. The van der Waals surface area contributed by atoms with Crippen molar-refractivity contribution in [2.24, 2.45) is 5.92 Å². The monoisotopic (exact) mass is 289 g/mol. The van der Waals surface area contributed by atoms with Crippen molar-refractivity contribution in [2.75, 3.05) is 19.8 Å². The van der Waals surface area contributed by atoms with Crippen LogP contribution in [0.25, 0.3) is 0 Å². The van der Waals surface area contributed by atoms with Gasteiger partial charge < -0.3 is 14.8 Å². The summed E-state index contributed by atoms with van der Waals surface area (Å²) in [6, 6.07) is 9.03. The predicted octanol–water partition coefficient (Wildman–Crippen LogP) is 3.70. The maximum atomic E-state index is 5.95. The molecule has 0 bridgehead atoms. The molecule has 0 amide bonds. The van der Waals surface area contributed by atoms with Gasteiger partial charge in [0.15, 0.2) is 0 Å². The van der Waals surface area contributed by atoms with Gasteiger partial charge in [0.05, 0.1) is 12.7 Å². The van der Waals surface area contributed by atoms with E-state index in [9.17, 15) is 0 Å². The molecule has 1 aromatic rings. The average molecular weight is 289 g/mol. The summed E-state index contributed by atoms with van der Waals surface area (Å²) in [6.07, 6.45) is 6.45. The van der Waals surface area contributed by atoms with Crippen molar-refractivity contribution in [1.29, 1.82) is 0 Å². The van der Waals surface area contributed by atoms with Crippen LogP contribution in [0.5, 0.6) is 5.75 Å². The zero-order valence-electron chi connectivity index (χ0n) is 13.0. The van der Waals surface area contributed by atoms with Gasteiger partial charge in [0.25, 0.3) is 0 Å². The second-order valence-electron chi connectivity index (χ2n) is 6.30. The van der Waals surface area contributed by atoms with Gasteiger partial charge in [0.1, 0.15) is 5.75 Å². The minimum absolute atomic E-state index is 0.382. The number of ether oxygens (including phenoxy) is 2. The zero-order chi connectivity index (χ0) is 14.5. The topological polar surface area (TPSA) is 30.5 Å². The normalized spacial score (nSPS) is 23.8. The first-order chi connectivity index (χ1) is 10.4. The van der Waals surface area contributed by atoms with Crippen LogP contribution in [0.2, 0.25) is 0 Å². The SMILES string of the molecule is CCCNC(c1cccc(OC2CC2)c1)C1CCCOC1. The Morgan fingerprint density at radius 1 is 1.33 bits per heavy atom. The predicted molar refractivity (Wildman–Crippen MR) is 84.7 cm³/mol. The molecular formula is C18H27NO2. The quantitative estimate of drug-likeness (QED) is 0.830. The summed E-state index contributed by atoms with van der Waals surface area (Å²) in [7, 11) is 0. The van der Waals surface area contributed by atoms with Gasteiger partial charge in [-0.2, -0.15) is 0 Å². The van der Waals surface area contributed by atoms with E-state index in [2.05, 4.69) is 36.5 Å². The molecule has 1 aliphatic carbocycles. The summed E-state index contributed by atoms with van der Waals surface area (Å²) >= 11 is 0. The molecular weight excluding hydrogens is 262 g/mol. The molecule has 21 heavy (non-hydrogen) atoms. The van der Waals surface area contributed by atoms with Crippen LogP contribution in [0.15, 0.2) is 24.3 Å². The van der Waals surface area contributed by atoms with Crippen LogP contribution < -0.4 is 10.1 Å². The summed E-state index contributed by atoms with van der Waals surface area (Å²) in [5.74, 6) is 1.59. The lowest BCUT2D eigenvalue weighted by Gasteiger charge is -2.31. The minimum atomic E-state index is 0.382. The highest BCUT2D eigenvalue weighted by atomic mass is 16.5. The number of benzene rings is 1. The molecule has 1 saturated heterocycles. The van der Waals surface area contributed by atoms with E-state index in [-0.39, 0.29) is 0 Å². The van der Waals surface area contributed by atoms with Crippen molar-refractivity contribution in [3.05, 3.63) is 29.8 Å². The van der Waals surface area contributed by atoms with E-state index in [1.165, 1.54) is 31.2 Å². The molecule has 0 aromatic heterocycles. The van der Waals surface area contributed by atoms with E-state index in [1.54, 1.807) is 0 Å². The summed E-state index contributed by atoms with van der Waals surface area (Å²) in [4.78, 5) is 0. The fraction of sp³-hybridized carbons (Fsp3) is 0.667. The van der Waals surface area contributed by atoms with Crippen molar-refractivity contribution in [2.45, 2.75) is 51.2 Å². The Morgan fingerprint density at radius 3 is 2.95 bits per heavy atom. The first-order valence-corrected chi connectivity index (χ1v) is 8.44. The van der Waals surface area contributed by atoms with Crippen LogP contribution in [-0.4, -0.2) is 25.9 Å². The zero-order valence-corrected chi connectivity index (χ0v) is 13.0. The van der Waals surface area contributed by atoms with Gasteiger partial charge in [-0.1, -0.05) is 19.1 Å². The molecule has 1 aromatic carbocycles. The van der Waals surface area contributed by atoms with Gasteiger partial charge in [-0.3, -0.25) is 0 Å². The van der Waals surface area contributed by atoms with Crippen LogP contribution in [0, 0.1) is 5.92 Å². The molecule has 2 fully saturated rings. The van der Waals surface area contributed by atoms with E-state index >= 15 is 0 Å². The molecule has 2 unspecified atom stereocenters. The second kappa shape index (κ2) is 7.28. The van der Waals surface area contributed by atoms with Crippen molar-refractivity contribution < 1.29 is 9.47 Å². The molecule has 0 radical (unpaired) electrons. The minimum Gasteiger partial charge on any atom is -0.490 e. The molecule has 1 heterocycles. The lowest BCUT2D eigenvalue weighted by molar-refractivity contribution is 0.0390. The van der Waals surface area contributed by atoms with Crippen molar-refractivity contribution in [3.63, 3.8) is 0 Å². The summed E-state index contributed by atoms with van der Waals surface area (Å²) in [5.41, 5.74) is 1.34. The van der Waals surface area contributed by atoms with E-state index in [0.717, 1.165) is 31.9 Å². The van der Waals surface area contributed by atoms with Crippen LogP contribution >= 0.6 is 0 Å². The fourth-order valence-corrected chi connectivity index (χ4v) is 3.04. The fourth-order valence-electron chi connectivity index (χ4n) is 3.04. The molecule has 2 atom stereocenters. The maximum Gasteiger partial charge on any atom is 0.120 e. The van der Waals surface area contributed by atoms with Gasteiger partial charge in [-0.15, -0.1) is 0 Å². The summed E-state index contributed by atoms with van der Waals surface area (Å²) < 4.78 is 11.6. The van der Waals surface area contributed by atoms with E-state index in [1.807, 2.05) is 0 Å². The standard InChI is InChI=1S/C18H27NO2/c1-2-10-19-18(15-6-4-11-20-13-15)14-5-3-7-17(12-14)21-16-8-9-16/h3,5,7,12,15-16,18-19H,2,4,6,8-11,13H2,1H3. The lowest BCUT2D eigenvalue weighted by Crippen LogP contribution is -2.33. The number of nitrogens with one attached hydrogen (secondary N) is 1.